The lowest BCUT2D eigenvalue weighted by Crippen LogP contribution is -2.33. The number of ether oxygens (including phenoxy) is 2. The van der Waals surface area contributed by atoms with Crippen LogP contribution in [0.5, 0.6) is 11.5 Å². The third kappa shape index (κ3) is 7.79. The summed E-state index contributed by atoms with van der Waals surface area (Å²) in [4.78, 5) is 12.1. The number of para-hydroxylation sites is 1. The first-order valence-corrected chi connectivity index (χ1v) is 12.2. The van der Waals surface area contributed by atoms with E-state index in [-0.39, 0.29) is 24.8 Å². The van der Waals surface area contributed by atoms with Crippen molar-refractivity contribution in [3.8, 4) is 11.5 Å². The molecule has 0 heterocycles. The summed E-state index contributed by atoms with van der Waals surface area (Å²) < 4.78 is 36.9. The normalized spacial score (nSPS) is 11.3. The summed E-state index contributed by atoms with van der Waals surface area (Å²) in [6, 6.07) is 14.7. The van der Waals surface area contributed by atoms with E-state index in [0.29, 0.717) is 36.8 Å². The van der Waals surface area contributed by atoms with Gasteiger partial charge in [0.2, 0.25) is 15.9 Å². The molecule has 0 saturated carbocycles. The lowest BCUT2D eigenvalue weighted by atomic mass is 10.0. The predicted octanol–water partition coefficient (Wildman–Crippen LogP) is 3.56. The summed E-state index contributed by atoms with van der Waals surface area (Å²) in [6.07, 6.45) is 1.84. The Hall–Kier alpha value is -2.74. The molecular formula is C23H32N2O5S. The first-order chi connectivity index (χ1) is 14.7. The van der Waals surface area contributed by atoms with Crippen molar-refractivity contribution in [2.75, 3.05) is 37.4 Å². The molecule has 31 heavy (non-hydrogen) atoms. The number of carbonyl (C=O) groups excluding carboxylic acids is 1. The second kappa shape index (κ2) is 11.6. The van der Waals surface area contributed by atoms with Crippen LogP contribution in [0.1, 0.15) is 38.2 Å². The number of hydrogen-bond donors (Lipinski definition) is 1. The topological polar surface area (TPSA) is 84.9 Å². The fraction of sp³-hybridized carbons (Fsp3) is 0.435. The van der Waals surface area contributed by atoms with Crippen molar-refractivity contribution >= 4 is 21.6 Å². The van der Waals surface area contributed by atoms with Gasteiger partial charge in [-0.25, -0.2) is 8.42 Å². The van der Waals surface area contributed by atoms with Crippen molar-refractivity contribution < 1.29 is 22.7 Å². The number of anilines is 1. The van der Waals surface area contributed by atoms with E-state index in [2.05, 4.69) is 5.32 Å². The van der Waals surface area contributed by atoms with Gasteiger partial charge in [0.25, 0.3) is 0 Å². The Morgan fingerprint density at radius 1 is 1.10 bits per heavy atom. The molecule has 2 aromatic rings. The summed E-state index contributed by atoms with van der Waals surface area (Å²) >= 11 is 0. The van der Waals surface area contributed by atoms with E-state index in [1.54, 1.807) is 13.2 Å². The van der Waals surface area contributed by atoms with Crippen LogP contribution < -0.4 is 19.1 Å². The van der Waals surface area contributed by atoms with E-state index >= 15 is 0 Å². The molecule has 1 N–H and O–H groups in total. The number of benzene rings is 2. The fourth-order valence-electron chi connectivity index (χ4n) is 3.19. The average molecular weight is 449 g/mol. The SMILES string of the molecule is COc1cccc(OCCNC(=O)CCCN(c2ccccc2C(C)C)S(C)(=O)=O)c1. The van der Waals surface area contributed by atoms with Crippen LogP contribution in [-0.2, 0) is 14.8 Å². The number of nitrogens with one attached hydrogen (secondary N) is 1. The molecule has 0 aliphatic heterocycles. The average Bonchev–Trinajstić information content (AvgIpc) is 2.73. The van der Waals surface area contributed by atoms with E-state index in [4.69, 9.17) is 9.47 Å². The molecule has 0 bridgehead atoms. The maximum absolute atomic E-state index is 12.4. The van der Waals surface area contributed by atoms with Crippen molar-refractivity contribution in [3.63, 3.8) is 0 Å². The minimum absolute atomic E-state index is 0.139. The molecule has 2 rings (SSSR count). The van der Waals surface area contributed by atoms with Crippen LogP contribution in [0.4, 0.5) is 5.69 Å². The molecule has 2 aromatic carbocycles. The van der Waals surface area contributed by atoms with Gasteiger partial charge in [0.1, 0.15) is 18.1 Å². The number of amides is 1. The Morgan fingerprint density at radius 2 is 1.81 bits per heavy atom. The summed E-state index contributed by atoms with van der Waals surface area (Å²) in [5, 5.41) is 2.80. The molecule has 0 aliphatic carbocycles. The quantitative estimate of drug-likeness (QED) is 0.502. The number of nitrogens with zero attached hydrogens (tertiary/aromatic N) is 1. The van der Waals surface area contributed by atoms with Crippen molar-refractivity contribution in [2.24, 2.45) is 0 Å². The Morgan fingerprint density at radius 3 is 2.48 bits per heavy atom. The highest BCUT2D eigenvalue weighted by molar-refractivity contribution is 7.92. The van der Waals surface area contributed by atoms with Gasteiger partial charge in [0.15, 0.2) is 0 Å². The van der Waals surface area contributed by atoms with Gasteiger partial charge in [-0.2, -0.15) is 0 Å². The molecule has 170 valence electrons. The summed E-state index contributed by atoms with van der Waals surface area (Å²) in [6.45, 7) is 5.00. The van der Waals surface area contributed by atoms with Crippen LogP contribution in [0.2, 0.25) is 0 Å². The Labute approximate surface area is 185 Å². The van der Waals surface area contributed by atoms with Gasteiger partial charge < -0.3 is 14.8 Å². The predicted molar refractivity (Wildman–Crippen MR) is 123 cm³/mol. The standard InChI is InChI=1S/C23H32N2O5S/c1-18(2)21-11-5-6-12-22(21)25(31(4,27)28)15-8-13-23(26)24-14-16-30-20-10-7-9-19(17-20)29-3/h5-7,9-12,17-18H,8,13-16H2,1-4H3,(H,24,26). The van der Waals surface area contributed by atoms with Crippen molar-refractivity contribution in [3.05, 3.63) is 54.1 Å². The molecule has 8 heteroatoms. The highest BCUT2D eigenvalue weighted by Crippen LogP contribution is 2.29. The third-order valence-corrected chi connectivity index (χ3v) is 5.91. The zero-order chi connectivity index (χ0) is 22.9. The minimum Gasteiger partial charge on any atom is -0.497 e. The van der Waals surface area contributed by atoms with E-state index < -0.39 is 10.0 Å². The van der Waals surface area contributed by atoms with Crippen LogP contribution in [0.25, 0.3) is 0 Å². The summed E-state index contributed by atoms with van der Waals surface area (Å²) in [7, 11) is -1.87. The molecule has 0 radical (unpaired) electrons. The lowest BCUT2D eigenvalue weighted by Gasteiger charge is -2.26. The number of hydrogen-bond acceptors (Lipinski definition) is 5. The molecular weight excluding hydrogens is 416 g/mol. The molecule has 0 atom stereocenters. The second-order valence-electron chi connectivity index (χ2n) is 7.53. The lowest BCUT2D eigenvalue weighted by molar-refractivity contribution is -0.121. The van der Waals surface area contributed by atoms with E-state index in [0.717, 1.165) is 5.56 Å². The van der Waals surface area contributed by atoms with Crippen LogP contribution in [0.3, 0.4) is 0 Å². The molecule has 0 spiro atoms. The molecule has 0 saturated heterocycles. The van der Waals surface area contributed by atoms with Crippen LogP contribution in [0.15, 0.2) is 48.5 Å². The van der Waals surface area contributed by atoms with Crippen molar-refractivity contribution in [1.29, 1.82) is 0 Å². The van der Waals surface area contributed by atoms with Crippen molar-refractivity contribution in [2.45, 2.75) is 32.6 Å². The number of carbonyl (C=O) groups is 1. The molecule has 0 fully saturated rings. The summed E-state index contributed by atoms with van der Waals surface area (Å²) in [5.41, 5.74) is 1.64. The zero-order valence-electron chi connectivity index (χ0n) is 18.6. The molecule has 7 nitrogen and oxygen atoms in total. The molecule has 0 unspecified atom stereocenters. The van der Waals surface area contributed by atoms with E-state index in [1.807, 2.05) is 56.3 Å². The monoisotopic (exact) mass is 448 g/mol. The molecule has 0 aromatic heterocycles. The van der Waals surface area contributed by atoms with E-state index in [1.165, 1.54) is 10.6 Å². The highest BCUT2D eigenvalue weighted by atomic mass is 32.2. The zero-order valence-corrected chi connectivity index (χ0v) is 19.4. The number of rotatable bonds is 12. The minimum atomic E-state index is -3.46. The molecule has 1 amide bonds. The van der Waals surface area contributed by atoms with Crippen LogP contribution >= 0.6 is 0 Å². The highest BCUT2D eigenvalue weighted by Gasteiger charge is 2.21. The summed E-state index contributed by atoms with van der Waals surface area (Å²) in [5.74, 6) is 1.42. The fourth-order valence-corrected chi connectivity index (χ4v) is 4.17. The van der Waals surface area contributed by atoms with Gasteiger partial charge in [-0.15, -0.1) is 0 Å². The van der Waals surface area contributed by atoms with Gasteiger partial charge in [-0.1, -0.05) is 38.1 Å². The second-order valence-corrected chi connectivity index (χ2v) is 9.44. The Bertz CT molecular complexity index is 960. The van der Waals surface area contributed by atoms with Gasteiger partial charge in [-0.3, -0.25) is 9.10 Å². The third-order valence-electron chi connectivity index (χ3n) is 4.73. The van der Waals surface area contributed by atoms with Gasteiger partial charge in [0, 0.05) is 19.0 Å². The van der Waals surface area contributed by atoms with Gasteiger partial charge in [-0.05, 0) is 36.1 Å². The molecule has 0 aliphatic rings. The first-order valence-electron chi connectivity index (χ1n) is 10.3. The Balaban J connectivity index is 1.82. The van der Waals surface area contributed by atoms with Crippen LogP contribution in [-0.4, -0.2) is 47.4 Å². The maximum Gasteiger partial charge on any atom is 0.232 e. The van der Waals surface area contributed by atoms with Gasteiger partial charge in [0.05, 0.1) is 25.6 Å². The largest absolute Gasteiger partial charge is 0.497 e. The van der Waals surface area contributed by atoms with Gasteiger partial charge >= 0.3 is 0 Å². The van der Waals surface area contributed by atoms with Crippen LogP contribution in [0, 0.1) is 0 Å². The first kappa shape index (κ1) is 24.5. The maximum atomic E-state index is 12.4. The number of methoxy groups -OCH3 is 1. The van der Waals surface area contributed by atoms with E-state index in [9.17, 15) is 13.2 Å². The Kier molecular flexibility index (Phi) is 9.18. The smallest absolute Gasteiger partial charge is 0.232 e. The number of sulfonamides is 1. The van der Waals surface area contributed by atoms with Crippen molar-refractivity contribution in [1.82, 2.24) is 5.32 Å².